The van der Waals surface area contributed by atoms with Gasteiger partial charge in [0, 0.05) is 6.54 Å². The van der Waals surface area contributed by atoms with Crippen molar-refractivity contribution in [2.45, 2.75) is 6.92 Å². The van der Waals surface area contributed by atoms with Gasteiger partial charge in [0.15, 0.2) is 5.69 Å². The minimum atomic E-state index is -1.08. The fourth-order valence-electron chi connectivity index (χ4n) is 0.771. The lowest BCUT2D eigenvalue weighted by molar-refractivity contribution is 0.0690. The minimum Gasteiger partial charge on any atom is -0.476 e. The smallest absolute Gasteiger partial charge is 0.356 e. The Bertz CT molecular complexity index is 346. The highest BCUT2D eigenvalue weighted by Crippen LogP contribution is 2.01. The highest BCUT2D eigenvalue weighted by molar-refractivity contribution is 5.84. The van der Waals surface area contributed by atoms with Gasteiger partial charge in [0.1, 0.15) is 5.82 Å². The van der Waals surface area contributed by atoms with Crippen molar-refractivity contribution in [3.05, 3.63) is 30.2 Å². The van der Waals surface area contributed by atoms with Gasteiger partial charge in [-0.05, 0) is 6.92 Å². The van der Waals surface area contributed by atoms with Crippen molar-refractivity contribution in [3.8, 4) is 0 Å². The van der Waals surface area contributed by atoms with Crippen LogP contribution in [0.5, 0.6) is 0 Å². The third-order valence-corrected chi connectivity index (χ3v) is 1.44. The first-order valence-corrected chi connectivity index (χ1v) is 4.03. The molecule has 0 atom stereocenters. The van der Waals surface area contributed by atoms with Gasteiger partial charge in [-0.3, -0.25) is 0 Å². The zero-order valence-electron chi connectivity index (χ0n) is 7.82. The highest BCUT2D eigenvalue weighted by Gasteiger charge is 2.03. The second-order valence-corrected chi connectivity index (χ2v) is 2.90. The molecule has 74 valence electrons. The Hall–Kier alpha value is -1.91. The summed E-state index contributed by atoms with van der Waals surface area (Å²) in [5.41, 5.74) is 0.903. The van der Waals surface area contributed by atoms with Crippen molar-refractivity contribution in [2.24, 2.45) is 0 Å². The zero-order valence-corrected chi connectivity index (χ0v) is 7.82. The summed E-state index contributed by atoms with van der Waals surface area (Å²) in [5, 5.41) is 11.5. The molecule has 1 heterocycles. The van der Waals surface area contributed by atoms with Crippen LogP contribution in [0.3, 0.4) is 0 Å². The minimum absolute atomic E-state index is 0.0640. The van der Waals surface area contributed by atoms with Gasteiger partial charge in [-0.15, -0.1) is 0 Å². The molecular formula is C9H11N3O2. The Morgan fingerprint density at radius 1 is 1.57 bits per heavy atom. The van der Waals surface area contributed by atoms with Crippen LogP contribution in [0.15, 0.2) is 24.5 Å². The van der Waals surface area contributed by atoms with E-state index in [1.807, 2.05) is 6.92 Å². The number of hydrogen-bond donors (Lipinski definition) is 2. The molecule has 0 unspecified atom stereocenters. The van der Waals surface area contributed by atoms with Gasteiger partial charge in [0.2, 0.25) is 0 Å². The van der Waals surface area contributed by atoms with Crippen molar-refractivity contribution < 1.29 is 9.90 Å². The molecule has 0 aliphatic heterocycles. The summed E-state index contributed by atoms with van der Waals surface area (Å²) in [4.78, 5) is 18.0. The largest absolute Gasteiger partial charge is 0.476 e. The summed E-state index contributed by atoms with van der Waals surface area (Å²) in [7, 11) is 0. The molecule has 5 nitrogen and oxygen atoms in total. The summed E-state index contributed by atoms with van der Waals surface area (Å²) < 4.78 is 0. The molecule has 1 aromatic heterocycles. The molecule has 2 N–H and O–H groups in total. The predicted octanol–water partition coefficient (Wildman–Crippen LogP) is 1.16. The maximum Gasteiger partial charge on any atom is 0.356 e. The van der Waals surface area contributed by atoms with E-state index in [1.54, 1.807) is 0 Å². The second-order valence-electron chi connectivity index (χ2n) is 2.90. The number of carboxylic acids is 1. The molecule has 0 saturated heterocycles. The summed E-state index contributed by atoms with van der Waals surface area (Å²) >= 11 is 0. The van der Waals surface area contributed by atoms with Crippen molar-refractivity contribution in [3.63, 3.8) is 0 Å². The number of anilines is 1. The quantitative estimate of drug-likeness (QED) is 0.702. The molecule has 0 bridgehead atoms. The van der Waals surface area contributed by atoms with Gasteiger partial charge in [0.05, 0.1) is 12.4 Å². The number of rotatable bonds is 4. The normalized spacial score (nSPS) is 9.50. The second kappa shape index (κ2) is 4.36. The molecule has 0 amide bonds. The van der Waals surface area contributed by atoms with E-state index in [1.165, 1.54) is 12.4 Å². The van der Waals surface area contributed by atoms with Crippen molar-refractivity contribution in [1.29, 1.82) is 0 Å². The Balaban J connectivity index is 2.64. The number of carbonyl (C=O) groups is 1. The van der Waals surface area contributed by atoms with Gasteiger partial charge < -0.3 is 10.4 Å². The average molecular weight is 193 g/mol. The maximum absolute atomic E-state index is 10.4. The number of aromatic nitrogens is 2. The highest BCUT2D eigenvalue weighted by atomic mass is 16.4. The molecule has 0 saturated carbocycles. The van der Waals surface area contributed by atoms with Crippen LogP contribution >= 0.6 is 0 Å². The van der Waals surface area contributed by atoms with Crippen molar-refractivity contribution in [2.75, 3.05) is 11.9 Å². The van der Waals surface area contributed by atoms with Crippen LogP contribution in [0.1, 0.15) is 17.4 Å². The molecule has 1 rings (SSSR count). The standard InChI is InChI=1S/C9H11N3O2/c1-6(2)3-11-8-5-10-7(4-12-8)9(13)14/h4-5H,1,3H2,2H3,(H,11,12)(H,13,14). The van der Waals surface area contributed by atoms with E-state index in [0.717, 1.165) is 5.57 Å². The van der Waals surface area contributed by atoms with Gasteiger partial charge in [-0.25, -0.2) is 14.8 Å². The lowest BCUT2D eigenvalue weighted by atomic mass is 10.3. The molecule has 5 heteroatoms. The third-order valence-electron chi connectivity index (χ3n) is 1.44. The topological polar surface area (TPSA) is 75.1 Å². The fraction of sp³-hybridized carbons (Fsp3) is 0.222. The summed E-state index contributed by atoms with van der Waals surface area (Å²) in [6, 6.07) is 0. The van der Waals surface area contributed by atoms with Crippen molar-refractivity contribution in [1.82, 2.24) is 9.97 Å². The first kappa shape index (κ1) is 10.2. The first-order chi connectivity index (χ1) is 6.59. The van der Waals surface area contributed by atoms with E-state index in [9.17, 15) is 4.79 Å². The number of carboxylic acid groups (broad SMARTS) is 1. The maximum atomic E-state index is 10.4. The predicted molar refractivity (Wildman–Crippen MR) is 52.3 cm³/mol. The SMILES string of the molecule is C=C(C)CNc1cnc(C(=O)O)cn1. The van der Waals surface area contributed by atoms with Crippen LogP contribution in [0.2, 0.25) is 0 Å². The van der Waals surface area contributed by atoms with E-state index >= 15 is 0 Å². The van der Waals surface area contributed by atoms with Crippen LogP contribution in [0.4, 0.5) is 5.82 Å². The Morgan fingerprint density at radius 2 is 2.29 bits per heavy atom. The first-order valence-electron chi connectivity index (χ1n) is 4.03. The summed E-state index contributed by atoms with van der Waals surface area (Å²) in [5.74, 6) is -0.540. The van der Waals surface area contributed by atoms with Crippen LogP contribution in [-0.4, -0.2) is 27.6 Å². The number of aromatic carboxylic acids is 1. The average Bonchev–Trinajstić information content (AvgIpc) is 2.15. The lowest BCUT2D eigenvalue weighted by Gasteiger charge is -2.03. The molecule has 0 aromatic carbocycles. The van der Waals surface area contributed by atoms with E-state index in [-0.39, 0.29) is 5.69 Å². The van der Waals surface area contributed by atoms with Crippen LogP contribution in [0.25, 0.3) is 0 Å². The van der Waals surface area contributed by atoms with Gasteiger partial charge in [-0.1, -0.05) is 12.2 Å². The number of nitrogens with zero attached hydrogens (tertiary/aromatic N) is 2. The molecular weight excluding hydrogens is 182 g/mol. The molecule has 14 heavy (non-hydrogen) atoms. The fourth-order valence-corrected chi connectivity index (χ4v) is 0.771. The number of hydrogen-bond acceptors (Lipinski definition) is 4. The van der Waals surface area contributed by atoms with E-state index < -0.39 is 5.97 Å². The summed E-state index contributed by atoms with van der Waals surface area (Å²) in [6.45, 7) is 6.19. The Morgan fingerprint density at radius 3 is 2.71 bits per heavy atom. The molecule has 0 radical (unpaired) electrons. The van der Waals surface area contributed by atoms with Crippen molar-refractivity contribution >= 4 is 11.8 Å². The van der Waals surface area contributed by atoms with E-state index in [4.69, 9.17) is 5.11 Å². The number of nitrogens with one attached hydrogen (secondary N) is 1. The molecule has 0 aliphatic carbocycles. The monoisotopic (exact) mass is 193 g/mol. The van der Waals surface area contributed by atoms with Gasteiger partial charge in [-0.2, -0.15) is 0 Å². The summed E-state index contributed by atoms with van der Waals surface area (Å²) in [6.07, 6.45) is 2.59. The Kier molecular flexibility index (Phi) is 3.17. The molecule has 1 aromatic rings. The van der Waals surface area contributed by atoms with Gasteiger partial charge >= 0.3 is 5.97 Å². The Labute approximate surface area is 81.5 Å². The lowest BCUT2D eigenvalue weighted by Crippen LogP contribution is -2.06. The third kappa shape index (κ3) is 2.85. The molecule has 0 fully saturated rings. The van der Waals surface area contributed by atoms with Gasteiger partial charge in [0.25, 0.3) is 0 Å². The zero-order chi connectivity index (χ0) is 10.6. The van der Waals surface area contributed by atoms with Crippen LogP contribution in [-0.2, 0) is 0 Å². The molecule has 0 aliphatic rings. The van der Waals surface area contributed by atoms with Crippen LogP contribution < -0.4 is 5.32 Å². The molecule has 0 spiro atoms. The van der Waals surface area contributed by atoms with Crippen LogP contribution in [0, 0.1) is 0 Å². The van der Waals surface area contributed by atoms with E-state index in [0.29, 0.717) is 12.4 Å². The van der Waals surface area contributed by atoms with E-state index in [2.05, 4.69) is 21.9 Å².